The molecule has 0 aromatic heterocycles. The molecular weight excluding hydrogens is 431 g/mol. The van der Waals surface area contributed by atoms with Crippen LogP contribution in [-0.4, -0.2) is 33.4 Å². The lowest BCUT2D eigenvalue weighted by Gasteiger charge is -2.19. The zero-order chi connectivity index (χ0) is 21.4. The normalized spacial score (nSPS) is 15.5. The van der Waals surface area contributed by atoms with E-state index >= 15 is 0 Å². The van der Waals surface area contributed by atoms with E-state index in [0.717, 1.165) is 37.3 Å². The van der Waals surface area contributed by atoms with E-state index in [1.165, 1.54) is 28.6 Å². The van der Waals surface area contributed by atoms with Crippen LogP contribution in [0.1, 0.15) is 24.0 Å². The van der Waals surface area contributed by atoms with Crippen molar-refractivity contribution in [3.05, 3.63) is 59.7 Å². The van der Waals surface area contributed by atoms with E-state index in [4.69, 9.17) is 4.18 Å². The van der Waals surface area contributed by atoms with Crippen molar-refractivity contribution in [2.45, 2.75) is 36.5 Å². The van der Waals surface area contributed by atoms with Gasteiger partial charge in [-0.1, -0.05) is 18.2 Å². The van der Waals surface area contributed by atoms with Crippen molar-refractivity contribution >= 4 is 20.1 Å². The van der Waals surface area contributed by atoms with Gasteiger partial charge >= 0.3 is 16.3 Å². The summed E-state index contributed by atoms with van der Waals surface area (Å²) in [6.07, 6.45) is -1.96. The summed E-state index contributed by atoms with van der Waals surface area (Å²) in [6, 6.07) is 8.92. The Kier molecular flexibility index (Phi) is 5.67. The molecule has 0 radical (unpaired) electrons. The van der Waals surface area contributed by atoms with Gasteiger partial charge in [0.1, 0.15) is 10.6 Å². The van der Waals surface area contributed by atoms with Gasteiger partial charge in [-0.3, -0.25) is 0 Å². The third-order valence-corrected chi connectivity index (χ3v) is 6.82. The van der Waals surface area contributed by atoms with Crippen LogP contribution in [0.4, 0.5) is 13.2 Å². The average molecular weight is 449 g/mol. The molecule has 1 saturated carbocycles. The summed E-state index contributed by atoms with van der Waals surface area (Å²) in [5, 5.41) is 0. The highest BCUT2D eigenvalue weighted by molar-refractivity contribution is 7.88. The van der Waals surface area contributed by atoms with Gasteiger partial charge in [0.05, 0.1) is 11.8 Å². The predicted molar refractivity (Wildman–Crippen MR) is 99.1 cm³/mol. The second kappa shape index (κ2) is 7.62. The Balaban J connectivity index is 1.75. The van der Waals surface area contributed by atoms with Crippen LogP contribution in [0.15, 0.2) is 53.4 Å². The molecule has 0 aliphatic heterocycles. The number of sulfonamides is 1. The molecule has 29 heavy (non-hydrogen) atoms. The molecule has 3 rings (SSSR count). The molecule has 0 heterocycles. The van der Waals surface area contributed by atoms with Crippen LogP contribution in [0.25, 0.3) is 0 Å². The van der Waals surface area contributed by atoms with E-state index in [0.29, 0.717) is 11.6 Å². The molecule has 0 spiro atoms. The van der Waals surface area contributed by atoms with Crippen molar-refractivity contribution in [2.24, 2.45) is 0 Å². The molecule has 2 aromatic carbocycles. The standard InChI is InChI=1S/C18H18F3NO5S2/c1-28(23,24)22(15-7-8-15)12-13-5-9-16(10-6-13)27-29(25,26)17-4-2-3-14(11-17)18(19,20)21/h2-6,9-11,15H,7-8,12H2,1H3. The maximum absolute atomic E-state index is 12.8. The minimum Gasteiger partial charge on any atom is -0.379 e. The van der Waals surface area contributed by atoms with Crippen molar-refractivity contribution < 1.29 is 34.2 Å². The van der Waals surface area contributed by atoms with Crippen LogP contribution in [0, 0.1) is 0 Å². The lowest BCUT2D eigenvalue weighted by atomic mass is 10.2. The number of halogens is 3. The van der Waals surface area contributed by atoms with Crippen LogP contribution >= 0.6 is 0 Å². The monoisotopic (exact) mass is 449 g/mol. The molecule has 1 aliphatic carbocycles. The van der Waals surface area contributed by atoms with Gasteiger partial charge in [-0.25, -0.2) is 8.42 Å². The van der Waals surface area contributed by atoms with Crippen LogP contribution in [0.3, 0.4) is 0 Å². The van der Waals surface area contributed by atoms with Crippen molar-refractivity contribution in [1.29, 1.82) is 0 Å². The SMILES string of the molecule is CS(=O)(=O)N(Cc1ccc(OS(=O)(=O)c2cccc(C(F)(F)F)c2)cc1)C1CC1. The Morgan fingerprint density at radius 2 is 1.66 bits per heavy atom. The topological polar surface area (TPSA) is 80.8 Å². The Morgan fingerprint density at radius 1 is 1.03 bits per heavy atom. The Morgan fingerprint density at radius 3 is 2.17 bits per heavy atom. The summed E-state index contributed by atoms with van der Waals surface area (Å²) in [5.74, 6) is -0.0940. The van der Waals surface area contributed by atoms with E-state index in [2.05, 4.69) is 0 Å². The molecule has 0 amide bonds. The first kappa shape index (κ1) is 21.6. The van der Waals surface area contributed by atoms with Gasteiger partial charge in [-0.05, 0) is 48.7 Å². The average Bonchev–Trinajstić information content (AvgIpc) is 3.44. The molecule has 0 N–H and O–H groups in total. The predicted octanol–water partition coefficient (Wildman–Crippen LogP) is 3.40. The summed E-state index contributed by atoms with van der Waals surface area (Å²) in [7, 11) is -7.84. The van der Waals surface area contributed by atoms with E-state index in [1.807, 2.05) is 0 Å². The minimum atomic E-state index is -4.68. The van der Waals surface area contributed by atoms with Gasteiger partial charge in [-0.15, -0.1) is 0 Å². The minimum absolute atomic E-state index is 0.0257. The highest BCUT2D eigenvalue weighted by Gasteiger charge is 2.35. The van der Waals surface area contributed by atoms with Crippen molar-refractivity contribution in [3.8, 4) is 5.75 Å². The molecule has 0 saturated heterocycles. The largest absolute Gasteiger partial charge is 0.416 e. The summed E-state index contributed by atoms with van der Waals surface area (Å²) >= 11 is 0. The third-order valence-electron chi connectivity index (χ3n) is 4.30. The summed E-state index contributed by atoms with van der Waals surface area (Å²) in [4.78, 5) is -0.617. The number of hydrogen-bond acceptors (Lipinski definition) is 5. The summed E-state index contributed by atoms with van der Waals surface area (Å²) in [6.45, 7) is 0.143. The van der Waals surface area contributed by atoms with Crippen LogP contribution in [0.5, 0.6) is 5.75 Å². The van der Waals surface area contributed by atoms with Gasteiger partial charge in [0.2, 0.25) is 10.0 Å². The zero-order valence-corrected chi connectivity index (χ0v) is 16.9. The van der Waals surface area contributed by atoms with Gasteiger partial charge in [0.25, 0.3) is 0 Å². The van der Waals surface area contributed by atoms with Crippen molar-refractivity contribution in [1.82, 2.24) is 4.31 Å². The lowest BCUT2D eigenvalue weighted by Crippen LogP contribution is -2.31. The number of hydrogen-bond donors (Lipinski definition) is 0. The van der Waals surface area contributed by atoms with Gasteiger partial charge < -0.3 is 4.18 Å². The molecule has 0 atom stereocenters. The fraction of sp³-hybridized carbons (Fsp3) is 0.333. The van der Waals surface area contributed by atoms with Crippen molar-refractivity contribution in [3.63, 3.8) is 0 Å². The number of alkyl halides is 3. The number of nitrogens with zero attached hydrogens (tertiary/aromatic N) is 1. The molecule has 158 valence electrons. The first-order chi connectivity index (χ1) is 13.4. The highest BCUT2D eigenvalue weighted by Crippen LogP contribution is 2.32. The second-order valence-corrected chi connectivity index (χ2v) is 10.2. The van der Waals surface area contributed by atoms with Gasteiger partial charge in [0, 0.05) is 12.6 Å². The lowest BCUT2D eigenvalue weighted by molar-refractivity contribution is -0.137. The molecule has 0 bridgehead atoms. The van der Waals surface area contributed by atoms with Gasteiger partial charge in [-0.2, -0.15) is 25.9 Å². The van der Waals surface area contributed by atoms with Gasteiger partial charge in [0.15, 0.2) is 0 Å². The van der Waals surface area contributed by atoms with E-state index < -0.39 is 36.8 Å². The van der Waals surface area contributed by atoms with Crippen LogP contribution in [0.2, 0.25) is 0 Å². The maximum atomic E-state index is 12.8. The Hall–Kier alpha value is -2.11. The quantitative estimate of drug-likeness (QED) is 0.606. The fourth-order valence-corrected chi connectivity index (χ4v) is 4.83. The van der Waals surface area contributed by atoms with E-state index in [1.54, 1.807) is 0 Å². The van der Waals surface area contributed by atoms with Crippen molar-refractivity contribution in [2.75, 3.05) is 6.26 Å². The molecule has 6 nitrogen and oxygen atoms in total. The second-order valence-electron chi connectivity index (χ2n) is 6.75. The smallest absolute Gasteiger partial charge is 0.379 e. The number of rotatable bonds is 7. The molecular formula is C18H18F3NO5S2. The third kappa shape index (κ3) is 5.49. The Bertz CT molecular complexity index is 1090. The fourth-order valence-electron chi connectivity index (χ4n) is 2.71. The molecule has 11 heteroatoms. The zero-order valence-electron chi connectivity index (χ0n) is 15.3. The van der Waals surface area contributed by atoms with Crippen LogP contribution in [-0.2, 0) is 32.9 Å². The summed E-state index contributed by atoms with van der Waals surface area (Å²) < 4.78 is 93.0. The Labute approximate surface area is 167 Å². The first-order valence-corrected chi connectivity index (χ1v) is 11.8. The molecule has 2 aromatic rings. The molecule has 1 aliphatic rings. The first-order valence-electron chi connectivity index (χ1n) is 8.54. The van der Waals surface area contributed by atoms with E-state index in [-0.39, 0.29) is 18.3 Å². The summed E-state index contributed by atoms with van der Waals surface area (Å²) in [5.41, 5.74) is -0.468. The molecule has 0 unspecified atom stereocenters. The highest BCUT2D eigenvalue weighted by atomic mass is 32.2. The van der Waals surface area contributed by atoms with Crippen LogP contribution < -0.4 is 4.18 Å². The number of benzene rings is 2. The maximum Gasteiger partial charge on any atom is 0.416 e. The van der Waals surface area contributed by atoms with E-state index in [9.17, 15) is 30.0 Å². The molecule has 1 fully saturated rings.